The van der Waals surface area contributed by atoms with Gasteiger partial charge in [-0.1, -0.05) is 6.07 Å². The number of carbonyl (C=O) groups excluding carboxylic acids is 1. The Kier molecular flexibility index (Phi) is 2.54. The molecule has 1 saturated heterocycles. The summed E-state index contributed by atoms with van der Waals surface area (Å²) in [6, 6.07) is 4.00. The summed E-state index contributed by atoms with van der Waals surface area (Å²) in [4.78, 5) is 12.3. The second-order valence-corrected chi connectivity index (χ2v) is 4.40. The first-order valence-corrected chi connectivity index (χ1v) is 5.26. The van der Waals surface area contributed by atoms with Crippen LogP contribution in [-0.2, 0) is 16.1 Å². The molecular weight excluding hydrogens is 200 g/mol. The zero-order chi connectivity index (χ0) is 10.0. The Hall–Kier alpha value is -0.910. The van der Waals surface area contributed by atoms with Crippen molar-refractivity contribution in [3.63, 3.8) is 0 Å². The summed E-state index contributed by atoms with van der Waals surface area (Å²) < 4.78 is 5.01. The van der Waals surface area contributed by atoms with Crippen LogP contribution in [0.2, 0.25) is 0 Å². The van der Waals surface area contributed by atoms with Gasteiger partial charge in [-0.15, -0.1) is 11.3 Å². The number of ether oxygens (including phenoxy) is 1. The topological polar surface area (TPSA) is 64.4 Å². The molecule has 0 unspecified atom stereocenters. The van der Waals surface area contributed by atoms with Crippen LogP contribution in [0.5, 0.6) is 0 Å². The fourth-order valence-corrected chi connectivity index (χ4v) is 1.95. The van der Waals surface area contributed by atoms with E-state index < -0.39 is 5.54 Å². The van der Waals surface area contributed by atoms with Crippen LogP contribution in [0.1, 0.15) is 4.88 Å². The monoisotopic (exact) mass is 212 g/mol. The van der Waals surface area contributed by atoms with E-state index in [4.69, 9.17) is 10.5 Å². The van der Waals surface area contributed by atoms with E-state index in [1.165, 1.54) is 4.88 Å². The largest absolute Gasteiger partial charge is 0.376 e. The number of rotatable bonds is 4. The maximum Gasteiger partial charge on any atom is 0.242 e. The van der Waals surface area contributed by atoms with Crippen LogP contribution in [0.3, 0.4) is 0 Å². The molecule has 0 spiro atoms. The summed E-state index contributed by atoms with van der Waals surface area (Å²) in [6.07, 6.45) is 0. The van der Waals surface area contributed by atoms with Crippen LogP contribution < -0.4 is 11.1 Å². The van der Waals surface area contributed by atoms with Crippen LogP contribution in [-0.4, -0.2) is 24.7 Å². The summed E-state index contributed by atoms with van der Waals surface area (Å²) in [5, 5.41) is 5.15. The van der Waals surface area contributed by atoms with E-state index in [1.807, 2.05) is 17.5 Å². The molecule has 0 radical (unpaired) electrons. The number of carbonyl (C=O) groups is 1. The molecule has 14 heavy (non-hydrogen) atoms. The van der Waals surface area contributed by atoms with Crippen LogP contribution in [0.25, 0.3) is 0 Å². The van der Waals surface area contributed by atoms with Gasteiger partial charge in [-0.2, -0.15) is 0 Å². The molecule has 2 heterocycles. The van der Waals surface area contributed by atoms with Crippen LogP contribution in [0.15, 0.2) is 17.5 Å². The lowest BCUT2D eigenvalue weighted by atomic mass is 9.97. The summed E-state index contributed by atoms with van der Waals surface area (Å²) >= 11 is 1.65. The highest BCUT2D eigenvalue weighted by atomic mass is 32.1. The van der Waals surface area contributed by atoms with Crippen molar-refractivity contribution in [1.82, 2.24) is 5.32 Å². The first kappa shape index (κ1) is 9.64. The fraction of sp³-hybridized carbons (Fsp3) is 0.444. The van der Waals surface area contributed by atoms with Crippen LogP contribution >= 0.6 is 11.3 Å². The molecule has 0 aromatic carbocycles. The van der Waals surface area contributed by atoms with Crippen molar-refractivity contribution >= 4 is 17.2 Å². The first-order valence-electron chi connectivity index (χ1n) is 4.38. The maximum atomic E-state index is 11.1. The third-order valence-corrected chi connectivity index (χ3v) is 3.23. The van der Waals surface area contributed by atoms with Crippen molar-refractivity contribution in [1.29, 1.82) is 0 Å². The first-order chi connectivity index (χ1) is 6.73. The molecule has 2 rings (SSSR count). The Morgan fingerprint density at radius 3 is 2.93 bits per heavy atom. The molecule has 0 saturated carbocycles. The van der Waals surface area contributed by atoms with Crippen molar-refractivity contribution in [3.8, 4) is 0 Å². The second-order valence-electron chi connectivity index (χ2n) is 3.37. The van der Waals surface area contributed by atoms with E-state index in [1.54, 1.807) is 11.3 Å². The molecule has 1 aromatic rings. The van der Waals surface area contributed by atoms with Crippen molar-refractivity contribution in [2.45, 2.75) is 12.1 Å². The van der Waals surface area contributed by atoms with Gasteiger partial charge in [-0.25, -0.2) is 0 Å². The third kappa shape index (κ3) is 1.66. The van der Waals surface area contributed by atoms with Crippen LogP contribution in [0.4, 0.5) is 0 Å². The number of nitrogens with two attached hydrogens (primary N) is 1. The number of primary amides is 1. The van der Waals surface area contributed by atoms with Gasteiger partial charge in [-0.3, -0.25) is 10.1 Å². The molecule has 0 aliphatic carbocycles. The maximum absolute atomic E-state index is 11.1. The van der Waals surface area contributed by atoms with Gasteiger partial charge in [0.1, 0.15) is 5.54 Å². The predicted octanol–water partition coefficient (Wildman–Crippen LogP) is 0.0920. The van der Waals surface area contributed by atoms with Gasteiger partial charge in [0.05, 0.1) is 13.2 Å². The Bertz CT molecular complexity index is 320. The van der Waals surface area contributed by atoms with E-state index in [2.05, 4.69) is 5.32 Å². The summed E-state index contributed by atoms with van der Waals surface area (Å²) in [7, 11) is 0. The molecule has 1 amide bonds. The number of amides is 1. The number of hydrogen-bond donors (Lipinski definition) is 2. The Balaban J connectivity index is 1.93. The highest BCUT2D eigenvalue weighted by molar-refractivity contribution is 7.09. The molecule has 5 heteroatoms. The lowest BCUT2D eigenvalue weighted by Gasteiger charge is -2.39. The van der Waals surface area contributed by atoms with Crippen molar-refractivity contribution < 1.29 is 9.53 Å². The summed E-state index contributed by atoms with van der Waals surface area (Å²) in [6.45, 7) is 1.44. The highest BCUT2D eigenvalue weighted by Gasteiger charge is 2.43. The molecule has 4 nitrogen and oxygen atoms in total. The molecule has 3 N–H and O–H groups in total. The predicted molar refractivity (Wildman–Crippen MR) is 53.9 cm³/mol. The van der Waals surface area contributed by atoms with Crippen molar-refractivity contribution in [2.75, 3.05) is 13.2 Å². The third-order valence-electron chi connectivity index (χ3n) is 2.35. The van der Waals surface area contributed by atoms with Gasteiger partial charge in [-0.05, 0) is 11.4 Å². The number of hydrogen-bond acceptors (Lipinski definition) is 4. The van der Waals surface area contributed by atoms with Gasteiger partial charge in [0.2, 0.25) is 5.91 Å². The zero-order valence-corrected chi connectivity index (χ0v) is 8.47. The van der Waals surface area contributed by atoms with Gasteiger partial charge in [0, 0.05) is 11.4 Å². The Labute approximate surface area is 86.1 Å². The quantitative estimate of drug-likeness (QED) is 0.743. The Morgan fingerprint density at radius 2 is 2.50 bits per heavy atom. The molecule has 0 atom stereocenters. The van der Waals surface area contributed by atoms with E-state index in [0.29, 0.717) is 19.8 Å². The lowest BCUT2D eigenvalue weighted by Crippen LogP contribution is -2.67. The lowest BCUT2D eigenvalue weighted by molar-refractivity contribution is -0.145. The normalized spacial score (nSPS) is 18.9. The molecule has 0 bridgehead atoms. The second kappa shape index (κ2) is 3.68. The van der Waals surface area contributed by atoms with Crippen LogP contribution in [0, 0.1) is 0 Å². The van der Waals surface area contributed by atoms with Crippen molar-refractivity contribution in [2.24, 2.45) is 5.73 Å². The average Bonchev–Trinajstić information content (AvgIpc) is 2.53. The molecular formula is C9H12N2O2S. The van der Waals surface area contributed by atoms with E-state index >= 15 is 0 Å². The summed E-state index contributed by atoms with van der Waals surface area (Å²) in [5.41, 5.74) is 4.66. The van der Waals surface area contributed by atoms with E-state index in [9.17, 15) is 4.79 Å². The minimum atomic E-state index is -0.635. The molecule has 1 aromatic heterocycles. The minimum Gasteiger partial charge on any atom is -0.376 e. The molecule has 76 valence electrons. The standard InChI is InChI=1S/C9H12N2O2S/c10-8(12)9(5-13-6-9)11-4-7-2-1-3-14-7/h1-3,11H,4-6H2,(H2,10,12). The number of thiophene rings is 1. The molecule has 1 fully saturated rings. The zero-order valence-electron chi connectivity index (χ0n) is 7.66. The SMILES string of the molecule is NC(=O)C1(NCc2cccs2)COC1. The van der Waals surface area contributed by atoms with Gasteiger partial charge < -0.3 is 10.5 Å². The summed E-state index contributed by atoms with van der Waals surface area (Å²) in [5.74, 6) is -0.333. The molecule has 1 aliphatic rings. The van der Waals surface area contributed by atoms with Gasteiger partial charge in [0.15, 0.2) is 0 Å². The molecule has 1 aliphatic heterocycles. The highest BCUT2D eigenvalue weighted by Crippen LogP contribution is 2.18. The number of nitrogens with one attached hydrogen (secondary N) is 1. The average molecular weight is 212 g/mol. The van der Waals surface area contributed by atoms with E-state index in [-0.39, 0.29) is 5.91 Å². The minimum absolute atomic E-state index is 0.333. The van der Waals surface area contributed by atoms with Crippen molar-refractivity contribution in [3.05, 3.63) is 22.4 Å². The fourth-order valence-electron chi connectivity index (χ4n) is 1.31. The van der Waals surface area contributed by atoms with Gasteiger partial charge >= 0.3 is 0 Å². The smallest absolute Gasteiger partial charge is 0.242 e. The Morgan fingerprint density at radius 1 is 1.71 bits per heavy atom. The van der Waals surface area contributed by atoms with Gasteiger partial charge in [0.25, 0.3) is 0 Å². The van der Waals surface area contributed by atoms with E-state index in [0.717, 1.165) is 0 Å².